The van der Waals surface area contributed by atoms with Gasteiger partial charge < -0.3 is 15.7 Å². The van der Waals surface area contributed by atoms with Crippen LogP contribution in [0.4, 0.5) is 0 Å². The van der Waals surface area contributed by atoms with E-state index in [4.69, 9.17) is 0 Å². The summed E-state index contributed by atoms with van der Waals surface area (Å²) < 4.78 is 1.89. The van der Waals surface area contributed by atoms with Gasteiger partial charge in [0.2, 0.25) is 0 Å². The van der Waals surface area contributed by atoms with Crippen molar-refractivity contribution in [3.63, 3.8) is 0 Å². The molecule has 120 valence electrons. The number of hydrogen-bond donors (Lipinski definition) is 3. The Labute approximate surface area is 143 Å². The Hall–Kier alpha value is -0.830. The standard InChI is InChI=1S/C14H25N5O.HI/c1-10-12(11(2)19(4)18-10)8-16-13(15-3)17-9-14(20)6-5-7-14;/h20H,5-9H2,1-4H3,(H2,15,16,17);1H. The van der Waals surface area contributed by atoms with Crippen LogP contribution in [-0.4, -0.2) is 40.0 Å². The van der Waals surface area contributed by atoms with Gasteiger partial charge in [-0.2, -0.15) is 5.10 Å². The molecule has 7 heteroatoms. The van der Waals surface area contributed by atoms with Gasteiger partial charge in [-0.05, 0) is 33.1 Å². The Kier molecular flexibility index (Phi) is 6.45. The van der Waals surface area contributed by atoms with Crippen molar-refractivity contribution < 1.29 is 5.11 Å². The second-order valence-corrected chi connectivity index (χ2v) is 5.63. The summed E-state index contributed by atoms with van der Waals surface area (Å²) in [4.78, 5) is 4.19. The SMILES string of the molecule is CN=C(NCc1c(C)nn(C)c1C)NCC1(O)CCC1.I. The molecule has 1 saturated carbocycles. The van der Waals surface area contributed by atoms with Gasteiger partial charge in [0.1, 0.15) is 0 Å². The highest BCUT2D eigenvalue weighted by Gasteiger charge is 2.34. The van der Waals surface area contributed by atoms with Gasteiger partial charge in [0.15, 0.2) is 5.96 Å². The monoisotopic (exact) mass is 407 g/mol. The average Bonchev–Trinajstić information content (AvgIpc) is 2.62. The molecule has 0 unspecified atom stereocenters. The molecule has 0 radical (unpaired) electrons. The van der Waals surface area contributed by atoms with Crippen LogP contribution in [0.1, 0.15) is 36.2 Å². The Morgan fingerprint density at radius 2 is 2.05 bits per heavy atom. The molecule has 0 bridgehead atoms. The Morgan fingerprint density at radius 3 is 2.48 bits per heavy atom. The molecule has 21 heavy (non-hydrogen) atoms. The van der Waals surface area contributed by atoms with E-state index in [0.29, 0.717) is 19.0 Å². The Balaban J connectivity index is 0.00000220. The molecule has 1 heterocycles. The first kappa shape index (κ1) is 18.2. The fourth-order valence-corrected chi connectivity index (χ4v) is 2.48. The highest BCUT2D eigenvalue weighted by molar-refractivity contribution is 14.0. The van der Waals surface area contributed by atoms with Crippen LogP contribution in [0.2, 0.25) is 0 Å². The molecular formula is C14H26IN5O. The second-order valence-electron chi connectivity index (χ2n) is 5.63. The molecule has 1 aliphatic rings. The van der Waals surface area contributed by atoms with Crippen LogP contribution >= 0.6 is 24.0 Å². The predicted octanol–water partition coefficient (Wildman–Crippen LogP) is 1.23. The number of rotatable bonds is 4. The molecule has 6 nitrogen and oxygen atoms in total. The normalized spacial score (nSPS) is 16.9. The first-order chi connectivity index (χ1) is 9.45. The molecule has 0 aromatic carbocycles. The number of hydrogen-bond acceptors (Lipinski definition) is 3. The van der Waals surface area contributed by atoms with E-state index in [1.54, 1.807) is 7.05 Å². The quantitative estimate of drug-likeness (QED) is 0.399. The number of aliphatic hydroxyl groups is 1. The number of guanidine groups is 1. The maximum atomic E-state index is 10.1. The smallest absolute Gasteiger partial charge is 0.191 e. The molecule has 1 fully saturated rings. The summed E-state index contributed by atoms with van der Waals surface area (Å²) in [5, 5.41) is 20.9. The molecule has 0 saturated heterocycles. The minimum Gasteiger partial charge on any atom is -0.388 e. The Bertz CT molecular complexity index is 508. The molecule has 2 rings (SSSR count). The van der Waals surface area contributed by atoms with Crippen molar-refractivity contribution >= 4 is 29.9 Å². The lowest BCUT2D eigenvalue weighted by Crippen LogP contribution is -2.50. The van der Waals surface area contributed by atoms with E-state index >= 15 is 0 Å². The van der Waals surface area contributed by atoms with Crippen molar-refractivity contribution in [1.82, 2.24) is 20.4 Å². The van der Waals surface area contributed by atoms with Gasteiger partial charge >= 0.3 is 0 Å². The van der Waals surface area contributed by atoms with E-state index in [1.165, 1.54) is 5.56 Å². The fourth-order valence-electron chi connectivity index (χ4n) is 2.48. The van der Waals surface area contributed by atoms with Crippen molar-refractivity contribution in [2.45, 2.75) is 45.3 Å². The molecule has 1 aromatic heterocycles. The van der Waals surface area contributed by atoms with Gasteiger partial charge in [-0.25, -0.2) is 0 Å². The van der Waals surface area contributed by atoms with E-state index in [1.807, 2.05) is 18.7 Å². The van der Waals surface area contributed by atoms with E-state index < -0.39 is 5.60 Å². The topological polar surface area (TPSA) is 74.5 Å². The molecule has 3 N–H and O–H groups in total. The lowest BCUT2D eigenvalue weighted by atomic mass is 9.80. The molecular weight excluding hydrogens is 381 g/mol. The van der Waals surface area contributed by atoms with Crippen LogP contribution < -0.4 is 10.6 Å². The molecule has 0 aliphatic heterocycles. The van der Waals surface area contributed by atoms with Crippen molar-refractivity contribution in [2.75, 3.05) is 13.6 Å². The third-order valence-electron chi connectivity index (χ3n) is 4.18. The van der Waals surface area contributed by atoms with Gasteiger partial charge in [-0.3, -0.25) is 9.67 Å². The van der Waals surface area contributed by atoms with E-state index in [9.17, 15) is 5.11 Å². The molecule has 0 amide bonds. The summed E-state index contributed by atoms with van der Waals surface area (Å²) in [7, 11) is 3.69. The van der Waals surface area contributed by atoms with E-state index in [0.717, 1.165) is 30.7 Å². The summed E-state index contributed by atoms with van der Waals surface area (Å²) >= 11 is 0. The minimum absolute atomic E-state index is 0. The first-order valence-corrected chi connectivity index (χ1v) is 7.11. The molecule has 1 aliphatic carbocycles. The number of aromatic nitrogens is 2. The third-order valence-corrected chi connectivity index (χ3v) is 4.18. The summed E-state index contributed by atoms with van der Waals surface area (Å²) in [6.07, 6.45) is 2.86. The van der Waals surface area contributed by atoms with Gasteiger partial charge in [0, 0.05) is 38.4 Å². The van der Waals surface area contributed by atoms with Gasteiger partial charge in [0.05, 0.1) is 11.3 Å². The zero-order valence-electron chi connectivity index (χ0n) is 13.2. The van der Waals surface area contributed by atoms with Crippen molar-refractivity contribution in [2.24, 2.45) is 12.0 Å². The summed E-state index contributed by atoms with van der Waals surface area (Å²) in [6, 6.07) is 0. The van der Waals surface area contributed by atoms with Crippen LogP contribution in [-0.2, 0) is 13.6 Å². The number of nitrogens with zero attached hydrogens (tertiary/aromatic N) is 3. The zero-order valence-corrected chi connectivity index (χ0v) is 15.6. The summed E-state index contributed by atoms with van der Waals surface area (Å²) in [6.45, 7) is 5.31. The summed E-state index contributed by atoms with van der Waals surface area (Å²) in [5.74, 6) is 0.716. The van der Waals surface area contributed by atoms with Crippen molar-refractivity contribution in [1.29, 1.82) is 0 Å². The van der Waals surface area contributed by atoms with E-state index in [-0.39, 0.29) is 24.0 Å². The van der Waals surface area contributed by atoms with Crippen LogP contribution in [0, 0.1) is 13.8 Å². The fraction of sp³-hybridized carbons (Fsp3) is 0.714. The molecule has 1 aromatic rings. The molecule has 0 atom stereocenters. The maximum absolute atomic E-state index is 10.1. The number of aliphatic imine (C=N–C) groups is 1. The lowest BCUT2D eigenvalue weighted by molar-refractivity contribution is -0.0279. The maximum Gasteiger partial charge on any atom is 0.191 e. The number of nitrogens with one attached hydrogen (secondary N) is 2. The van der Waals surface area contributed by atoms with E-state index in [2.05, 4.69) is 27.6 Å². The van der Waals surface area contributed by atoms with Crippen LogP contribution in [0.5, 0.6) is 0 Å². The van der Waals surface area contributed by atoms with Gasteiger partial charge in [-0.1, -0.05) is 0 Å². The van der Waals surface area contributed by atoms with Crippen LogP contribution in [0.3, 0.4) is 0 Å². The lowest BCUT2D eigenvalue weighted by Gasteiger charge is -2.36. The predicted molar refractivity (Wildman–Crippen MR) is 95.1 cm³/mol. The van der Waals surface area contributed by atoms with Gasteiger partial charge in [0.25, 0.3) is 0 Å². The van der Waals surface area contributed by atoms with Crippen molar-refractivity contribution in [3.05, 3.63) is 17.0 Å². The third kappa shape index (κ3) is 4.32. The highest BCUT2D eigenvalue weighted by atomic mass is 127. The van der Waals surface area contributed by atoms with Gasteiger partial charge in [-0.15, -0.1) is 24.0 Å². The number of aryl methyl sites for hydroxylation is 2. The summed E-state index contributed by atoms with van der Waals surface area (Å²) in [5.41, 5.74) is 2.84. The van der Waals surface area contributed by atoms with Crippen LogP contribution in [0.25, 0.3) is 0 Å². The number of halogens is 1. The largest absolute Gasteiger partial charge is 0.388 e. The average molecular weight is 407 g/mol. The highest BCUT2D eigenvalue weighted by Crippen LogP contribution is 2.30. The Morgan fingerprint density at radius 1 is 1.38 bits per heavy atom. The van der Waals surface area contributed by atoms with Crippen LogP contribution in [0.15, 0.2) is 4.99 Å². The zero-order chi connectivity index (χ0) is 14.8. The van der Waals surface area contributed by atoms with Crippen molar-refractivity contribution in [3.8, 4) is 0 Å². The first-order valence-electron chi connectivity index (χ1n) is 7.11. The molecule has 0 spiro atoms. The minimum atomic E-state index is -0.544. The second kappa shape index (κ2) is 7.44.